The van der Waals surface area contributed by atoms with Crippen molar-refractivity contribution in [3.05, 3.63) is 58.8 Å². The minimum Gasteiger partial charge on any atom is -0.354 e. The Kier molecular flexibility index (Phi) is 3.82. The molecule has 0 spiro atoms. The number of pyridine rings is 1. The van der Waals surface area contributed by atoms with Crippen LogP contribution in [0.2, 0.25) is 0 Å². The zero-order valence-corrected chi connectivity index (χ0v) is 11.5. The molecule has 19 heavy (non-hydrogen) atoms. The van der Waals surface area contributed by atoms with Crippen LogP contribution in [0, 0.1) is 25.2 Å². The zero-order valence-electron chi connectivity index (χ0n) is 11.5. The first-order valence-corrected chi connectivity index (χ1v) is 6.24. The lowest BCUT2D eigenvalue weighted by molar-refractivity contribution is 0.888. The van der Waals surface area contributed by atoms with Crippen molar-refractivity contribution in [1.82, 2.24) is 4.98 Å². The Labute approximate surface area is 114 Å². The lowest BCUT2D eigenvalue weighted by Gasteiger charge is -2.20. The van der Waals surface area contributed by atoms with Gasteiger partial charge in [-0.3, -0.25) is 0 Å². The smallest absolute Gasteiger partial charge is 0.146 e. The van der Waals surface area contributed by atoms with Gasteiger partial charge in [-0.05, 0) is 31.5 Å². The van der Waals surface area contributed by atoms with E-state index in [4.69, 9.17) is 5.26 Å². The number of hydrogen-bond donors (Lipinski definition) is 0. The fourth-order valence-electron chi connectivity index (χ4n) is 2.08. The first-order chi connectivity index (χ1) is 9.10. The SMILES string of the molecule is Cc1cccc(CN(C)c2nc(C)ccc2C#N)c1. The number of anilines is 1. The maximum absolute atomic E-state index is 9.15. The monoisotopic (exact) mass is 251 g/mol. The van der Waals surface area contributed by atoms with Crippen LogP contribution in [0.15, 0.2) is 36.4 Å². The maximum Gasteiger partial charge on any atom is 0.146 e. The van der Waals surface area contributed by atoms with Crippen molar-refractivity contribution in [2.24, 2.45) is 0 Å². The Bertz CT molecular complexity index is 626. The topological polar surface area (TPSA) is 39.9 Å². The first kappa shape index (κ1) is 13.1. The van der Waals surface area contributed by atoms with Crippen LogP contribution < -0.4 is 4.90 Å². The molecule has 0 bridgehead atoms. The van der Waals surface area contributed by atoms with Gasteiger partial charge in [0.05, 0.1) is 5.56 Å². The summed E-state index contributed by atoms with van der Waals surface area (Å²) in [5.41, 5.74) is 3.99. The van der Waals surface area contributed by atoms with Crippen molar-refractivity contribution in [3.8, 4) is 6.07 Å². The summed E-state index contributed by atoms with van der Waals surface area (Å²) in [5, 5.41) is 9.15. The van der Waals surface area contributed by atoms with Crippen molar-refractivity contribution in [2.45, 2.75) is 20.4 Å². The highest BCUT2D eigenvalue weighted by atomic mass is 15.2. The normalized spacial score (nSPS) is 10.0. The summed E-state index contributed by atoms with van der Waals surface area (Å²) in [6.45, 7) is 4.76. The summed E-state index contributed by atoms with van der Waals surface area (Å²) in [6.07, 6.45) is 0. The number of nitriles is 1. The van der Waals surface area contributed by atoms with Gasteiger partial charge in [0.2, 0.25) is 0 Å². The second kappa shape index (κ2) is 5.53. The lowest BCUT2D eigenvalue weighted by Crippen LogP contribution is -2.19. The number of hydrogen-bond acceptors (Lipinski definition) is 3. The van der Waals surface area contributed by atoms with Crippen LogP contribution in [0.4, 0.5) is 5.82 Å². The highest BCUT2D eigenvalue weighted by Crippen LogP contribution is 2.18. The van der Waals surface area contributed by atoms with E-state index in [1.54, 1.807) is 0 Å². The number of aromatic nitrogens is 1. The predicted octanol–water partition coefficient (Wildman–Crippen LogP) is 3.21. The van der Waals surface area contributed by atoms with Crippen LogP contribution in [0.3, 0.4) is 0 Å². The summed E-state index contributed by atoms with van der Waals surface area (Å²) >= 11 is 0. The quantitative estimate of drug-likeness (QED) is 0.841. The maximum atomic E-state index is 9.15. The van der Waals surface area contributed by atoms with E-state index in [0.29, 0.717) is 5.56 Å². The average molecular weight is 251 g/mol. The van der Waals surface area contributed by atoms with E-state index >= 15 is 0 Å². The molecule has 1 heterocycles. The second-order valence-electron chi connectivity index (χ2n) is 4.78. The molecule has 0 radical (unpaired) electrons. The molecule has 0 atom stereocenters. The lowest BCUT2D eigenvalue weighted by atomic mass is 10.1. The van der Waals surface area contributed by atoms with E-state index in [9.17, 15) is 0 Å². The van der Waals surface area contributed by atoms with E-state index in [1.807, 2.05) is 37.1 Å². The van der Waals surface area contributed by atoms with Gasteiger partial charge in [0, 0.05) is 19.3 Å². The van der Waals surface area contributed by atoms with Gasteiger partial charge in [0.1, 0.15) is 11.9 Å². The van der Waals surface area contributed by atoms with Gasteiger partial charge in [0.15, 0.2) is 0 Å². The summed E-state index contributed by atoms with van der Waals surface area (Å²) in [7, 11) is 1.96. The Balaban J connectivity index is 2.27. The molecule has 1 aromatic heterocycles. The molecule has 3 heteroatoms. The van der Waals surface area contributed by atoms with Gasteiger partial charge >= 0.3 is 0 Å². The molecule has 0 aliphatic carbocycles. The highest BCUT2D eigenvalue weighted by Gasteiger charge is 2.10. The van der Waals surface area contributed by atoms with Crippen LogP contribution in [0.25, 0.3) is 0 Å². The number of nitrogens with zero attached hydrogens (tertiary/aromatic N) is 3. The molecular weight excluding hydrogens is 234 g/mol. The fraction of sp³-hybridized carbons (Fsp3) is 0.250. The predicted molar refractivity (Wildman–Crippen MR) is 77.0 cm³/mol. The molecule has 0 amide bonds. The van der Waals surface area contributed by atoms with E-state index in [1.165, 1.54) is 11.1 Å². The molecule has 2 aromatic rings. The molecule has 2 rings (SSSR count). The molecule has 0 aliphatic rings. The third-order valence-corrected chi connectivity index (χ3v) is 3.00. The third kappa shape index (κ3) is 3.11. The van der Waals surface area contributed by atoms with Crippen molar-refractivity contribution in [3.63, 3.8) is 0 Å². The number of aryl methyl sites for hydroxylation is 2. The van der Waals surface area contributed by atoms with Crippen molar-refractivity contribution in [1.29, 1.82) is 5.26 Å². The van der Waals surface area contributed by atoms with Crippen LogP contribution in [-0.4, -0.2) is 12.0 Å². The summed E-state index contributed by atoms with van der Waals surface area (Å²) in [5.74, 6) is 0.740. The Morgan fingerprint density at radius 2 is 2.00 bits per heavy atom. The zero-order chi connectivity index (χ0) is 13.8. The average Bonchev–Trinajstić information content (AvgIpc) is 2.38. The van der Waals surface area contributed by atoms with Crippen molar-refractivity contribution < 1.29 is 0 Å². The van der Waals surface area contributed by atoms with E-state index in [0.717, 1.165) is 18.1 Å². The minimum absolute atomic E-state index is 0.612. The van der Waals surface area contributed by atoms with Crippen LogP contribution in [-0.2, 0) is 6.54 Å². The van der Waals surface area contributed by atoms with Crippen LogP contribution in [0.1, 0.15) is 22.4 Å². The van der Waals surface area contributed by atoms with Gasteiger partial charge in [-0.1, -0.05) is 29.8 Å². The van der Waals surface area contributed by atoms with Crippen molar-refractivity contribution >= 4 is 5.82 Å². The van der Waals surface area contributed by atoms with Crippen LogP contribution in [0.5, 0.6) is 0 Å². The van der Waals surface area contributed by atoms with Gasteiger partial charge in [-0.2, -0.15) is 5.26 Å². The molecule has 0 unspecified atom stereocenters. The molecule has 3 nitrogen and oxygen atoms in total. The Hall–Kier alpha value is -2.34. The van der Waals surface area contributed by atoms with Crippen LogP contribution >= 0.6 is 0 Å². The second-order valence-corrected chi connectivity index (χ2v) is 4.78. The molecule has 96 valence electrons. The van der Waals surface area contributed by atoms with E-state index < -0.39 is 0 Å². The molecule has 0 fully saturated rings. The summed E-state index contributed by atoms with van der Waals surface area (Å²) in [4.78, 5) is 6.48. The van der Waals surface area contributed by atoms with Gasteiger partial charge in [0.25, 0.3) is 0 Å². The Morgan fingerprint density at radius 3 is 2.68 bits per heavy atom. The molecule has 0 saturated carbocycles. The van der Waals surface area contributed by atoms with Gasteiger partial charge in [-0.15, -0.1) is 0 Å². The standard InChI is InChI=1S/C16H17N3/c1-12-5-4-6-14(9-12)11-19(3)16-15(10-17)8-7-13(2)18-16/h4-9H,11H2,1-3H3. The largest absolute Gasteiger partial charge is 0.354 e. The minimum atomic E-state index is 0.612. The van der Waals surface area contributed by atoms with E-state index in [-0.39, 0.29) is 0 Å². The molecule has 1 aromatic carbocycles. The molecule has 0 aliphatic heterocycles. The van der Waals surface area contributed by atoms with E-state index in [2.05, 4.69) is 36.2 Å². The Morgan fingerprint density at radius 1 is 1.21 bits per heavy atom. The number of rotatable bonds is 3. The summed E-state index contributed by atoms with van der Waals surface area (Å²) in [6, 6.07) is 14.3. The fourth-order valence-corrected chi connectivity index (χ4v) is 2.08. The summed E-state index contributed by atoms with van der Waals surface area (Å²) < 4.78 is 0. The highest BCUT2D eigenvalue weighted by molar-refractivity contribution is 5.54. The third-order valence-electron chi connectivity index (χ3n) is 3.00. The first-order valence-electron chi connectivity index (χ1n) is 6.24. The van der Waals surface area contributed by atoms with Gasteiger partial charge < -0.3 is 4.90 Å². The molecule has 0 N–H and O–H groups in total. The molecule has 0 saturated heterocycles. The van der Waals surface area contributed by atoms with Crippen molar-refractivity contribution in [2.75, 3.05) is 11.9 Å². The number of benzene rings is 1. The molecular formula is C16H17N3. The van der Waals surface area contributed by atoms with Gasteiger partial charge in [-0.25, -0.2) is 4.98 Å².